The highest BCUT2D eigenvalue weighted by atomic mass is 35.5. The van der Waals surface area contributed by atoms with Crippen molar-refractivity contribution >= 4 is 11.6 Å². The molecule has 0 heterocycles. The fraction of sp³-hybridized carbons (Fsp3) is 0.455. The van der Waals surface area contributed by atoms with Gasteiger partial charge in [0, 0.05) is 17.5 Å². The zero-order chi connectivity index (χ0) is 11.3. The van der Waals surface area contributed by atoms with Crippen molar-refractivity contribution in [1.29, 1.82) is 0 Å². The molecule has 0 aliphatic carbocycles. The summed E-state index contributed by atoms with van der Waals surface area (Å²) in [5, 5.41) is 0. The minimum absolute atomic E-state index is 0.297. The molecule has 2 nitrogen and oxygen atoms in total. The molecule has 0 aliphatic rings. The monoisotopic (exact) mass is 232 g/mol. The molecule has 0 aromatic heterocycles. The first-order valence-electron chi connectivity index (χ1n) is 4.70. The Morgan fingerprint density at radius 1 is 1.47 bits per heavy atom. The third-order valence-electron chi connectivity index (χ3n) is 2.09. The van der Waals surface area contributed by atoms with Crippen LogP contribution in [-0.4, -0.2) is 19.6 Å². The summed E-state index contributed by atoms with van der Waals surface area (Å²) >= 11 is 5.48. The molecular weight excluding hydrogens is 219 g/mol. The molecule has 1 unspecified atom stereocenters. The minimum atomic E-state index is -0.323. The Labute approximate surface area is 94.0 Å². The van der Waals surface area contributed by atoms with Gasteiger partial charge in [-0.25, -0.2) is 4.39 Å². The summed E-state index contributed by atoms with van der Waals surface area (Å²) in [6.45, 7) is 2.20. The minimum Gasteiger partial charge on any atom is -0.497 e. The fourth-order valence-corrected chi connectivity index (χ4v) is 1.36. The summed E-state index contributed by atoms with van der Waals surface area (Å²) in [6, 6.07) is 4.71. The first kappa shape index (κ1) is 12.3. The Morgan fingerprint density at radius 2 is 2.20 bits per heavy atom. The molecule has 0 spiro atoms. The van der Waals surface area contributed by atoms with E-state index in [2.05, 4.69) is 0 Å². The van der Waals surface area contributed by atoms with E-state index in [4.69, 9.17) is 21.1 Å². The van der Waals surface area contributed by atoms with Crippen molar-refractivity contribution in [3.05, 3.63) is 29.6 Å². The molecule has 0 radical (unpaired) electrons. The quantitative estimate of drug-likeness (QED) is 0.726. The second kappa shape index (κ2) is 5.93. The second-order valence-electron chi connectivity index (χ2n) is 3.09. The lowest BCUT2D eigenvalue weighted by Gasteiger charge is -2.13. The van der Waals surface area contributed by atoms with Crippen molar-refractivity contribution in [3.63, 3.8) is 0 Å². The lowest BCUT2D eigenvalue weighted by molar-refractivity contribution is 0.0752. The van der Waals surface area contributed by atoms with Crippen molar-refractivity contribution in [1.82, 2.24) is 0 Å². The molecule has 0 saturated heterocycles. The first-order valence-corrected chi connectivity index (χ1v) is 5.23. The van der Waals surface area contributed by atoms with Gasteiger partial charge in [0.1, 0.15) is 11.6 Å². The standard InChI is InChI=1S/C11H14ClFO2/c1-8(15-6-5-12)10-4-3-9(14-2)7-11(10)13/h3-4,7-8H,5-6H2,1-2H3. The summed E-state index contributed by atoms with van der Waals surface area (Å²) < 4.78 is 23.7. The van der Waals surface area contributed by atoms with E-state index in [0.717, 1.165) is 0 Å². The molecule has 0 bridgehead atoms. The molecular formula is C11H14ClFO2. The van der Waals surface area contributed by atoms with Crippen molar-refractivity contribution in [2.45, 2.75) is 13.0 Å². The topological polar surface area (TPSA) is 18.5 Å². The summed E-state index contributed by atoms with van der Waals surface area (Å²) in [6.07, 6.45) is -0.297. The van der Waals surface area contributed by atoms with Gasteiger partial charge in [0.25, 0.3) is 0 Å². The van der Waals surface area contributed by atoms with Crippen LogP contribution in [0.2, 0.25) is 0 Å². The van der Waals surface area contributed by atoms with E-state index in [0.29, 0.717) is 23.8 Å². The molecule has 1 aromatic rings. The van der Waals surface area contributed by atoms with Crippen LogP contribution >= 0.6 is 11.6 Å². The van der Waals surface area contributed by atoms with Crippen LogP contribution in [0.4, 0.5) is 4.39 Å². The summed E-state index contributed by atoms with van der Waals surface area (Å²) in [5.41, 5.74) is 0.515. The Balaban J connectivity index is 2.76. The van der Waals surface area contributed by atoms with Crippen LogP contribution in [0.5, 0.6) is 5.75 Å². The molecule has 1 aromatic carbocycles. The van der Waals surface area contributed by atoms with E-state index in [1.807, 2.05) is 0 Å². The zero-order valence-electron chi connectivity index (χ0n) is 8.80. The fourth-order valence-electron chi connectivity index (χ4n) is 1.28. The largest absolute Gasteiger partial charge is 0.497 e. The molecule has 0 aliphatic heterocycles. The molecule has 4 heteroatoms. The maximum absolute atomic E-state index is 13.5. The van der Waals surface area contributed by atoms with Crippen LogP contribution in [0.1, 0.15) is 18.6 Å². The Hall–Kier alpha value is -0.800. The smallest absolute Gasteiger partial charge is 0.132 e. The van der Waals surface area contributed by atoms with Gasteiger partial charge < -0.3 is 9.47 Å². The molecule has 0 fully saturated rings. The van der Waals surface area contributed by atoms with Gasteiger partial charge in [-0.2, -0.15) is 0 Å². The normalized spacial score (nSPS) is 12.5. The van der Waals surface area contributed by atoms with E-state index >= 15 is 0 Å². The van der Waals surface area contributed by atoms with E-state index in [1.54, 1.807) is 19.1 Å². The number of rotatable bonds is 5. The van der Waals surface area contributed by atoms with Crippen molar-refractivity contribution in [2.75, 3.05) is 19.6 Å². The Kier molecular flexibility index (Phi) is 4.85. The number of benzene rings is 1. The highest BCUT2D eigenvalue weighted by Gasteiger charge is 2.11. The van der Waals surface area contributed by atoms with Gasteiger partial charge in [0.05, 0.1) is 19.8 Å². The van der Waals surface area contributed by atoms with Crippen LogP contribution in [-0.2, 0) is 4.74 Å². The van der Waals surface area contributed by atoms with Gasteiger partial charge in [-0.15, -0.1) is 11.6 Å². The number of ether oxygens (including phenoxy) is 2. The second-order valence-corrected chi connectivity index (χ2v) is 3.47. The molecule has 1 rings (SSSR count). The maximum atomic E-state index is 13.5. The van der Waals surface area contributed by atoms with Crippen molar-refractivity contribution in [2.24, 2.45) is 0 Å². The van der Waals surface area contributed by atoms with Gasteiger partial charge >= 0.3 is 0 Å². The van der Waals surface area contributed by atoms with Crippen LogP contribution in [0.25, 0.3) is 0 Å². The lowest BCUT2D eigenvalue weighted by Crippen LogP contribution is -2.04. The molecule has 84 valence electrons. The van der Waals surface area contributed by atoms with Crippen LogP contribution in [0, 0.1) is 5.82 Å². The van der Waals surface area contributed by atoms with Gasteiger partial charge in [0.2, 0.25) is 0 Å². The van der Waals surface area contributed by atoms with E-state index in [9.17, 15) is 4.39 Å². The SMILES string of the molecule is COc1ccc(C(C)OCCCl)c(F)c1. The van der Waals surface area contributed by atoms with Crippen molar-refractivity contribution in [3.8, 4) is 5.75 Å². The first-order chi connectivity index (χ1) is 7.19. The maximum Gasteiger partial charge on any atom is 0.132 e. The third-order valence-corrected chi connectivity index (χ3v) is 2.24. The predicted octanol–water partition coefficient (Wildman–Crippen LogP) is 3.15. The van der Waals surface area contributed by atoms with E-state index in [-0.39, 0.29) is 11.9 Å². The Bertz CT molecular complexity index is 317. The molecule has 1 atom stereocenters. The van der Waals surface area contributed by atoms with E-state index < -0.39 is 0 Å². The highest BCUT2D eigenvalue weighted by Crippen LogP contribution is 2.23. The number of methoxy groups -OCH3 is 1. The predicted molar refractivity (Wildman–Crippen MR) is 58.0 cm³/mol. The highest BCUT2D eigenvalue weighted by molar-refractivity contribution is 6.17. The summed E-state index contributed by atoms with van der Waals surface area (Å²) in [4.78, 5) is 0. The summed E-state index contributed by atoms with van der Waals surface area (Å²) in [5.74, 6) is 0.583. The van der Waals surface area contributed by atoms with Crippen LogP contribution in [0.15, 0.2) is 18.2 Å². The third kappa shape index (κ3) is 3.36. The average Bonchev–Trinajstić information content (AvgIpc) is 2.25. The van der Waals surface area contributed by atoms with Gasteiger partial charge in [-0.1, -0.05) is 0 Å². The lowest BCUT2D eigenvalue weighted by atomic mass is 10.1. The van der Waals surface area contributed by atoms with Gasteiger partial charge in [-0.3, -0.25) is 0 Å². The molecule has 0 saturated carbocycles. The molecule has 15 heavy (non-hydrogen) atoms. The number of halogens is 2. The van der Waals surface area contributed by atoms with Crippen LogP contribution in [0.3, 0.4) is 0 Å². The van der Waals surface area contributed by atoms with E-state index in [1.165, 1.54) is 13.2 Å². The number of hydrogen-bond acceptors (Lipinski definition) is 2. The van der Waals surface area contributed by atoms with Gasteiger partial charge in [-0.05, 0) is 19.1 Å². The zero-order valence-corrected chi connectivity index (χ0v) is 9.55. The number of alkyl halides is 1. The van der Waals surface area contributed by atoms with Gasteiger partial charge in [0.15, 0.2) is 0 Å². The van der Waals surface area contributed by atoms with Crippen LogP contribution < -0.4 is 4.74 Å². The average molecular weight is 233 g/mol. The van der Waals surface area contributed by atoms with Crippen molar-refractivity contribution < 1.29 is 13.9 Å². The molecule has 0 N–H and O–H groups in total. The Morgan fingerprint density at radius 3 is 2.73 bits per heavy atom. The molecule has 0 amide bonds. The summed E-state index contributed by atoms with van der Waals surface area (Å²) in [7, 11) is 1.50. The number of hydrogen-bond donors (Lipinski definition) is 0.